The van der Waals surface area contributed by atoms with Crippen LogP contribution in [-0.2, 0) is 0 Å². The summed E-state index contributed by atoms with van der Waals surface area (Å²) in [6.45, 7) is 4.45. The Morgan fingerprint density at radius 3 is 2.52 bits per heavy atom. The number of amides is 1. The molecule has 2 rings (SSSR count). The third-order valence-corrected chi connectivity index (χ3v) is 3.39. The van der Waals surface area contributed by atoms with Crippen LogP contribution in [0, 0.1) is 6.92 Å². The second-order valence-electron chi connectivity index (χ2n) is 4.72. The number of rotatable bonds is 4. The number of carbonyl (C=O) groups excluding carboxylic acids is 1. The van der Waals surface area contributed by atoms with E-state index in [-0.39, 0.29) is 11.7 Å². The number of para-hydroxylation sites is 1. The molecule has 0 aromatic heterocycles. The van der Waals surface area contributed by atoms with Crippen LogP contribution in [0.2, 0.25) is 0 Å². The Hall–Kier alpha value is -2.49. The van der Waals surface area contributed by atoms with Crippen LogP contribution in [0.15, 0.2) is 42.5 Å². The quantitative estimate of drug-likeness (QED) is 0.937. The van der Waals surface area contributed by atoms with Crippen LogP contribution in [0.4, 0.5) is 5.69 Å². The number of phenols is 1. The second-order valence-corrected chi connectivity index (χ2v) is 4.72. The molecule has 2 aromatic rings. The van der Waals surface area contributed by atoms with E-state index in [2.05, 4.69) is 0 Å². The minimum absolute atomic E-state index is 0.0378. The summed E-state index contributed by atoms with van der Waals surface area (Å²) < 4.78 is 5.00. The average Bonchev–Trinajstić information content (AvgIpc) is 2.49. The van der Waals surface area contributed by atoms with Crippen LogP contribution in [0.3, 0.4) is 0 Å². The zero-order valence-electron chi connectivity index (χ0n) is 12.5. The van der Waals surface area contributed by atoms with E-state index in [1.165, 1.54) is 13.2 Å². The maximum absolute atomic E-state index is 12.7. The van der Waals surface area contributed by atoms with Crippen LogP contribution in [-0.4, -0.2) is 24.7 Å². The molecule has 0 radical (unpaired) electrons. The maximum atomic E-state index is 12.7. The number of hydrogen-bond acceptors (Lipinski definition) is 3. The van der Waals surface area contributed by atoms with Crippen molar-refractivity contribution < 1.29 is 14.6 Å². The lowest BCUT2D eigenvalue weighted by atomic mass is 10.1. The van der Waals surface area contributed by atoms with Gasteiger partial charge in [-0.05, 0) is 43.7 Å². The summed E-state index contributed by atoms with van der Waals surface area (Å²) in [5.74, 6) is 0.166. The predicted octanol–water partition coefficient (Wildman–Crippen LogP) is 3.38. The first kappa shape index (κ1) is 14.9. The van der Waals surface area contributed by atoms with Crippen molar-refractivity contribution >= 4 is 11.6 Å². The highest BCUT2D eigenvalue weighted by atomic mass is 16.5. The number of nitrogens with zero attached hydrogens (tertiary/aromatic N) is 1. The molecular weight excluding hydrogens is 266 g/mol. The number of ether oxygens (including phenoxy) is 1. The molecule has 0 spiro atoms. The van der Waals surface area contributed by atoms with E-state index in [9.17, 15) is 9.90 Å². The fourth-order valence-corrected chi connectivity index (χ4v) is 2.27. The Morgan fingerprint density at radius 2 is 1.95 bits per heavy atom. The van der Waals surface area contributed by atoms with Crippen LogP contribution in [0.1, 0.15) is 22.8 Å². The molecule has 0 bridgehead atoms. The molecule has 0 atom stereocenters. The SMILES string of the molecule is CCN(C(=O)c1ccc(OC)c(O)c1)c1ccccc1C. The molecule has 0 aliphatic heterocycles. The van der Waals surface area contributed by atoms with Gasteiger partial charge in [-0.2, -0.15) is 0 Å². The van der Waals surface area contributed by atoms with E-state index in [4.69, 9.17) is 4.74 Å². The summed E-state index contributed by atoms with van der Waals surface area (Å²) in [5, 5.41) is 9.82. The molecular formula is C17H19NO3. The lowest BCUT2D eigenvalue weighted by Crippen LogP contribution is -2.31. The summed E-state index contributed by atoms with van der Waals surface area (Å²) in [5.41, 5.74) is 2.34. The van der Waals surface area contributed by atoms with Crippen LogP contribution in [0.5, 0.6) is 11.5 Å². The summed E-state index contributed by atoms with van der Waals surface area (Å²) in [6.07, 6.45) is 0. The smallest absolute Gasteiger partial charge is 0.258 e. The fraction of sp³-hybridized carbons (Fsp3) is 0.235. The van der Waals surface area contributed by atoms with Gasteiger partial charge in [0.1, 0.15) is 0 Å². The van der Waals surface area contributed by atoms with Gasteiger partial charge in [0.25, 0.3) is 5.91 Å². The number of hydrogen-bond donors (Lipinski definition) is 1. The number of benzene rings is 2. The van der Waals surface area contributed by atoms with Gasteiger partial charge in [0.05, 0.1) is 7.11 Å². The molecule has 0 aliphatic rings. The number of carbonyl (C=O) groups is 1. The van der Waals surface area contributed by atoms with Crippen molar-refractivity contribution in [3.05, 3.63) is 53.6 Å². The van der Waals surface area contributed by atoms with Crippen LogP contribution in [0.25, 0.3) is 0 Å². The molecule has 0 saturated heterocycles. The van der Waals surface area contributed by atoms with Crippen molar-refractivity contribution in [2.24, 2.45) is 0 Å². The maximum Gasteiger partial charge on any atom is 0.258 e. The first-order valence-electron chi connectivity index (χ1n) is 6.83. The molecule has 2 aromatic carbocycles. The van der Waals surface area contributed by atoms with E-state index in [1.807, 2.05) is 38.1 Å². The molecule has 110 valence electrons. The lowest BCUT2D eigenvalue weighted by molar-refractivity contribution is 0.0987. The molecule has 4 heteroatoms. The largest absolute Gasteiger partial charge is 0.504 e. The van der Waals surface area contributed by atoms with E-state index in [1.54, 1.807) is 17.0 Å². The Bertz CT molecular complexity index is 652. The molecule has 1 amide bonds. The van der Waals surface area contributed by atoms with Gasteiger partial charge in [0, 0.05) is 17.8 Å². The van der Waals surface area contributed by atoms with E-state index in [0.29, 0.717) is 17.9 Å². The van der Waals surface area contributed by atoms with Gasteiger partial charge < -0.3 is 14.7 Å². The summed E-state index contributed by atoms with van der Waals surface area (Å²) in [4.78, 5) is 14.3. The third kappa shape index (κ3) is 2.99. The van der Waals surface area contributed by atoms with Crippen LogP contribution >= 0.6 is 0 Å². The summed E-state index contributed by atoms with van der Waals surface area (Å²) in [7, 11) is 1.47. The second kappa shape index (κ2) is 6.31. The van der Waals surface area contributed by atoms with E-state index >= 15 is 0 Å². The van der Waals surface area contributed by atoms with Gasteiger partial charge in [0.2, 0.25) is 0 Å². The number of anilines is 1. The highest BCUT2D eigenvalue weighted by Gasteiger charge is 2.18. The zero-order chi connectivity index (χ0) is 15.4. The summed E-state index contributed by atoms with van der Waals surface area (Å²) >= 11 is 0. The first-order chi connectivity index (χ1) is 10.1. The lowest BCUT2D eigenvalue weighted by Gasteiger charge is -2.23. The molecule has 0 unspecified atom stereocenters. The zero-order valence-corrected chi connectivity index (χ0v) is 12.5. The van der Waals surface area contributed by atoms with Gasteiger partial charge in [-0.15, -0.1) is 0 Å². The monoisotopic (exact) mass is 285 g/mol. The van der Waals surface area contributed by atoms with Crippen molar-refractivity contribution in [3.63, 3.8) is 0 Å². The topological polar surface area (TPSA) is 49.8 Å². The third-order valence-electron chi connectivity index (χ3n) is 3.39. The van der Waals surface area contributed by atoms with E-state index in [0.717, 1.165) is 11.3 Å². The Morgan fingerprint density at radius 1 is 1.24 bits per heavy atom. The van der Waals surface area contributed by atoms with Crippen molar-refractivity contribution in [2.75, 3.05) is 18.6 Å². The molecule has 1 N–H and O–H groups in total. The minimum Gasteiger partial charge on any atom is -0.504 e. The highest BCUT2D eigenvalue weighted by Crippen LogP contribution is 2.28. The van der Waals surface area contributed by atoms with Gasteiger partial charge in [-0.1, -0.05) is 18.2 Å². The molecule has 21 heavy (non-hydrogen) atoms. The molecule has 0 fully saturated rings. The normalized spacial score (nSPS) is 10.2. The number of methoxy groups -OCH3 is 1. The number of aromatic hydroxyl groups is 1. The number of phenolic OH excluding ortho intramolecular Hbond substituents is 1. The Balaban J connectivity index is 2.37. The van der Waals surface area contributed by atoms with Gasteiger partial charge >= 0.3 is 0 Å². The Labute approximate surface area is 124 Å². The standard InChI is InChI=1S/C17H19NO3/c1-4-18(14-8-6-5-7-12(14)2)17(20)13-9-10-16(21-3)15(19)11-13/h5-11,19H,4H2,1-3H3. The van der Waals surface area contributed by atoms with Gasteiger partial charge in [-0.3, -0.25) is 4.79 Å². The van der Waals surface area contributed by atoms with Crippen molar-refractivity contribution in [1.82, 2.24) is 0 Å². The minimum atomic E-state index is -0.148. The van der Waals surface area contributed by atoms with Crippen molar-refractivity contribution in [1.29, 1.82) is 0 Å². The molecule has 0 heterocycles. The Kier molecular flexibility index (Phi) is 4.48. The fourth-order valence-electron chi connectivity index (χ4n) is 2.27. The summed E-state index contributed by atoms with van der Waals surface area (Å²) in [6, 6.07) is 12.4. The van der Waals surface area contributed by atoms with E-state index < -0.39 is 0 Å². The average molecular weight is 285 g/mol. The highest BCUT2D eigenvalue weighted by molar-refractivity contribution is 6.06. The van der Waals surface area contributed by atoms with Crippen molar-refractivity contribution in [2.45, 2.75) is 13.8 Å². The van der Waals surface area contributed by atoms with Gasteiger partial charge in [0.15, 0.2) is 11.5 Å². The molecule has 4 nitrogen and oxygen atoms in total. The molecule has 0 aliphatic carbocycles. The van der Waals surface area contributed by atoms with Crippen molar-refractivity contribution in [3.8, 4) is 11.5 Å². The molecule has 0 saturated carbocycles. The number of aryl methyl sites for hydroxylation is 1. The predicted molar refractivity (Wildman–Crippen MR) is 83.2 cm³/mol. The van der Waals surface area contributed by atoms with Crippen LogP contribution < -0.4 is 9.64 Å². The first-order valence-corrected chi connectivity index (χ1v) is 6.83. The van der Waals surface area contributed by atoms with Gasteiger partial charge in [-0.25, -0.2) is 0 Å².